The van der Waals surface area contributed by atoms with Crippen molar-refractivity contribution in [2.24, 2.45) is 0 Å². The molecule has 0 spiro atoms. The van der Waals surface area contributed by atoms with Crippen LogP contribution in [0.3, 0.4) is 0 Å². The normalized spacial score (nSPS) is 16.9. The number of H-pyrrole nitrogens is 1. The second-order valence-electron chi connectivity index (χ2n) is 10.5. The lowest BCUT2D eigenvalue weighted by atomic mass is 10.0. The van der Waals surface area contributed by atoms with Crippen LogP contribution in [0.2, 0.25) is 0 Å². The number of fused-ring (bicyclic) bond motifs is 1. The van der Waals surface area contributed by atoms with Gasteiger partial charge in [-0.05, 0) is 75.8 Å². The number of nitrogens with one attached hydrogen (secondary N) is 2. The van der Waals surface area contributed by atoms with Gasteiger partial charge < -0.3 is 19.9 Å². The van der Waals surface area contributed by atoms with Crippen LogP contribution in [-0.4, -0.2) is 39.0 Å². The van der Waals surface area contributed by atoms with Crippen LogP contribution in [0, 0.1) is 0 Å². The Morgan fingerprint density at radius 2 is 1.95 bits per heavy atom. The first-order valence-electron chi connectivity index (χ1n) is 13.2. The smallest absolute Gasteiger partial charge is 0.408 e. The van der Waals surface area contributed by atoms with Crippen LogP contribution in [0.4, 0.5) is 4.79 Å². The van der Waals surface area contributed by atoms with Crippen molar-refractivity contribution in [2.45, 2.75) is 71.6 Å². The zero-order valence-corrected chi connectivity index (χ0v) is 22.7. The third-order valence-corrected chi connectivity index (χ3v) is 6.72. The molecule has 2 aromatic carbocycles. The minimum atomic E-state index is -0.938. The molecule has 8 nitrogen and oxygen atoms in total. The molecule has 0 aliphatic carbocycles. The topological polar surface area (TPSA) is 104 Å². The number of amides is 2. The molecular weight excluding hydrogens is 480 g/mol. The Morgan fingerprint density at radius 1 is 1.21 bits per heavy atom. The monoisotopic (exact) mass is 516 g/mol. The Kier molecular flexibility index (Phi) is 7.99. The van der Waals surface area contributed by atoms with E-state index in [1.165, 1.54) is 5.57 Å². The van der Waals surface area contributed by atoms with Crippen molar-refractivity contribution >= 4 is 28.5 Å². The minimum absolute atomic E-state index is 0.235. The molecule has 4 rings (SSSR count). The fourth-order valence-electron chi connectivity index (χ4n) is 4.93. The van der Waals surface area contributed by atoms with Gasteiger partial charge in [0.1, 0.15) is 17.5 Å². The Labute approximate surface area is 223 Å². The van der Waals surface area contributed by atoms with Gasteiger partial charge in [0.25, 0.3) is 11.5 Å². The molecule has 1 aliphatic rings. The SMILES string of the molecule is CC=C(CC)c1ccc2c(=O)[nH]c(C3CCCN3C(=O)C(NC(=O)OC(C)(C)C)c3ccccc3)nc2c1. The van der Waals surface area contributed by atoms with Crippen molar-refractivity contribution in [1.29, 1.82) is 0 Å². The van der Waals surface area contributed by atoms with E-state index in [9.17, 15) is 14.4 Å². The summed E-state index contributed by atoms with van der Waals surface area (Å²) in [4.78, 5) is 49.0. The van der Waals surface area contributed by atoms with Crippen molar-refractivity contribution in [3.05, 3.63) is 81.9 Å². The first-order chi connectivity index (χ1) is 18.1. The molecule has 8 heteroatoms. The molecule has 3 aromatic rings. The number of hydrogen-bond donors (Lipinski definition) is 2. The Hall–Kier alpha value is -3.94. The van der Waals surface area contributed by atoms with Gasteiger partial charge in [-0.25, -0.2) is 9.78 Å². The molecule has 0 saturated carbocycles. The number of aromatic nitrogens is 2. The van der Waals surface area contributed by atoms with Gasteiger partial charge in [-0.3, -0.25) is 9.59 Å². The van der Waals surface area contributed by atoms with Gasteiger partial charge in [-0.1, -0.05) is 49.4 Å². The van der Waals surface area contributed by atoms with E-state index in [-0.39, 0.29) is 11.5 Å². The highest BCUT2D eigenvalue weighted by molar-refractivity contribution is 5.88. The quantitative estimate of drug-likeness (QED) is 0.440. The highest BCUT2D eigenvalue weighted by Crippen LogP contribution is 2.33. The molecule has 2 amide bonds. The summed E-state index contributed by atoms with van der Waals surface area (Å²) in [7, 11) is 0. The van der Waals surface area contributed by atoms with Crippen molar-refractivity contribution < 1.29 is 14.3 Å². The zero-order valence-electron chi connectivity index (χ0n) is 22.7. The Bertz CT molecular complexity index is 1410. The number of carbonyl (C=O) groups is 2. The number of carbonyl (C=O) groups excluding carboxylic acids is 2. The van der Waals surface area contributed by atoms with Gasteiger partial charge in [0.2, 0.25) is 0 Å². The maximum Gasteiger partial charge on any atom is 0.408 e. The molecule has 0 radical (unpaired) electrons. The number of allylic oxidation sites excluding steroid dienone is 2. The Balaban J connectivity index is 1.68. The number of alkyl carbamates (subject to hydrolysis) is 1. The maximum atomic E-state index is 13.9. The zero-order chi connectivity index (χ0) is 27.4. The summed E-state index contributed by atoms with van der Waals surface area (Å²) < 4.78 is 5.44. The number of ether oxygens (including phenoxy) is 1. The predicted octanol–water partition coefficient (Wildman–Crippen LogP) is 5.67. The van der Waals surface area contributed by atoms with Gasteiger partial charge in [-0.15, -0.1) is 0 Å². The average molecular weight is 517 g/mol. The predicted molar refractivity (Wildman–Crippen MR) is 149 cm³/mol. The van der Waals surface area contributed by atoms with Crippen molar-refractivity contribution in [3.63, 3.8) is 0 Å². The summed E-state index contributed by atoms with van der Waals surface area (Å²) in [6, 6.07) is 13.4. The molecule has 2 heterocycles. The van der Waals surface area contributed by atoms with E-state index in [2.05, 4.69) is 23.3 Å². The van der Waals surface area contributed by atoms with Crippen LogP contribution in [0.1, 0.15) is 82.9 Å². The van der Waals surface area contributed by atoms with Crippen molar-refractivity contribution in [3.8, 4) is 0 Å². The molecular formula is C30H36N4O4. The summed E-state index contributed by atoms with van der Waals surface area (Å²) >= 11 is 0. The van der Waals surface area contributed by atoms with E-state index >= 15 is 0 Å². The molecule has 2 N–H and O–H groups in total. The van der Waals surface area contributed by atoms with Crippen LogP contribution >= 0.6 is 0 Å². The lowest BCUT2D eigenvalue weighted by molar-refractivity contribution is -0.134. The molecule has 1 aromatic heterocycles. The number of aromatic amines is 1. The highest BCUT2D eigenvalue weighted by atomic mass is 16.6. The van der Waals surface area contributed by atoms with Gasteiger partial charge >= 0.3 is 6.09 Å². The van der Waals surface area contributed by atoms with E-state index in [0.717, 1.165) is 18.4 Å². The fraction of sp³-hybridized carbons (Fsp3) is 0.400. The molecule has 1 fully saturated rings. The first-order valence-corrected chi connectivity index (χ1v) is 13.2. The van der Waals surface area contributed by atoms with E-state index < -0.39 is 23.8 Å². The number of hydrogen-bond acceptors (Lipinski definition) is 5. The van der Waals surface area contributed by atoms with Crippen molar-refractivity contribution in [1.82, 2.24) is 20.2 Å². The molecule has 0 bridgehead atoms. The molecule has 1 aliphatic heterocycles. The van der Waals surface area contributed by atoms with Crippen LogP contribution in [-0.2, 0) is 9.53 Å². The van der Waals surface area contributed by atoms with Gasteiger partial charge in [-0.2, -0.15) is 0 Å². The molecule has 38 heavy (non-hydrogen) atoms. The van der Waals surface area contributed by atoms with E-state index in [1.54, 1.807) is 43.9 Å². The summed E-state index contributed by atoms with van der Waals surface area (Å²) in [5.41, 5.74) is 2.50. The maximum absolute atomic E-state index is 13.9. The largest absolute Gasteiger partial charge is 0.444 e. The minimum Gasteiger partial charge on any atom is -0.444 e. The van der Waals surface area contributed by atoms with Gasteiger partial charge in [0.05, 0.1) is 16.9 Å². The van der Waals surface area contributed by atoms with Crippen LogP contribution in [0.25, 0.3) is 16.5 Å². The van der Waals surface area contributed by atoms with E-state index in [1.807, 2.05) is 37.3 Å². The number of nitrogens with zero attached hydrogens (tertiary/aromatic N) is 2. The lowest BCUT2D eigenvalue weighted by Crippen LogP contribution is -2.44. The third-order valence-electron chi connectivity index (χ3n) is 6.72. The summed E-state index contributed by atoms with van der Waals surface area (Å²) in [6.45, 7) is 9.89. The van der Waals surface area contributed by atoms with Crippen LogP contribution in [0.15, 0.2) is 59.4 Å². The fourth-order valence-corrected chi connectivity index (χ4v) is 4.93. The first kappa shape index (κ1) is 27.1. The summed E-state index contributed by atoms with van der Waals surface area (Å²) in [5, 5.41) is 3.27. The molecule has 2 atom stereocenters. The number of likely N-dealkylation sites (tertiary alicyclic amines) is 1. The van der Waals surface area contributed by atoms with Crippen LogP contribution < -0.4 is 10.9 Å². The van der Waals surface area contributed by atoms with Gasteiger partial charge in [0.15, 0.2) is 0 Å². The molecule has 2 unspecified atom stereocenters. The van der Waals surface area contributed by atoms with Crippen molar-refractivity contribution in [2.75, 3.05) is 6.54 Å². The summed E-state index contributed by atoms with van der Waals surface area (Å²) in [5.74, 6) is 0.177. The number of benzene rings is 2. The lowest BCUT2D eigenvalue weighted by Gasteiger charge is -2.30. The standard InChI is InChI=1S/C30H36N4O4/c1-6-19(7-2)21-15-16-22-23(18-21)31-26(33-27(22)35)24-14-11-17-34(24)28(36)25(20-12-9-8-10-13-20)32-29(37)38-30(3,4)5/h6,8-10,12-13,15-16,18,24-25H,7,11,14,17H2,1-5H3,(H,32,37)(H,31,33,35). The Morgan fingerprint density at radius 3 is 2.61 bits per heavy atom. The average Bonchev–Trinajstić information content (AvgIpc) is 3.37. The van der Waals surface area contributed by atoms with E-state index in [4.69, 9.17) is 9.72 Å². The molecule has 200 valence electrons. The number of rotatable bonds is 6. The highest BCUT2D eigenvalue weighted by Gasteiger charge is 2.37. The van der Waals surface area contributed by atoms with E-state index in [0.29, 0.717) is 35.3 Å². The second kappa shape index (κ2) is 11.2. The second-order valence-corrected chi connectivity index (χ2v) is 10.5. The van der Waals surface area contributed by atoms with Crippen LogP contribution in [0.5, 0.6) is 0 Å². The molecule has 1 saturated heterocycles. The van der Waals surface area contributed by atoms with Gasteiger partial charge in [0, 0.05) is 6.54 Å². The third kappa shape index (κ3) is 5.96. The summed E-state index contributed by atoms with van der Waals surface area (Å²) in [6.07, 6.45) is 3.67.